The van der Waals surface area contributed by atoms with E-state index in [9.17, 15) is 9.59 Å². The van der Waals surface area contributed by atoms with Gasteiger partial charge in [0.15, 0.2) is 23.3 Å². The lowest BCUT2D eigenvalue weighted by Crippen LogP contribution is -2.20. The molecule has 2 N–H and O–H groups in total. The average Bonchev–Trinajstić information content (AvgIpc) is 3.20. The minimum atomic E-state index is -0.294. The van der Waals surface area contributed by atoms with Crippen molar-refractivity contribution in [3.05, 3.63) is 86.7 Å². The smallest absolute Gasteiger partial charge is 0.264 e. The summed E-state index contributed by atoms with van der Waals surface area (Å²) in [6, 6.07) is 17.7. The van der Waals surface area contributed by atoms with Crippen molar-refractivity contribution in [2.24, 2.45) is 4.99 Å². The van der Waals surface area contributed by atoms with E-state index in [1.54, 1.807) is 42.5 Å². The molecule has 10 heteroatoms. The maximum atomic E-state index is 12.5. The molecule has 7 nitrogen and oxygen atoms in total. The largest absolute Gasteiger partial charge is 0.493 e. The van der Waals surface area contributed by atoms with Gasteiger partial charge < -0.3 is 20.1 Å². The van der Waals surface area contributed by atoms with Crippen LogP contribution in [-0.4, -0.2) is 30.7 Å². The van der Waals surface area contributed by atoms with E-state index in [0.29, 0.717) is 48.6 Å². The molecular formula is C26H21Cl2N3O4S. The number of amides is 2. The SMILES string of the molecule is COc1cc(/C=C2/SC(=Nc3cccc(Cl)c3Cl)NC2=O)ccc1OCC(=O)Nc1ccc(C)cc1. The predicted molar refractivity (Wildman–Crippen MR) is 146 cm³/mol. The first kappa shape index (κ1) is 25.6. The van der Waals surface area contributed by atoms with E-state index in [1.165, 1.54) is 18.9 Å². The molecule has 3 aromatic carbocycles. The summed E-state index contributed by atoms with van der Waals surface area (Å²) in [5.41, 5.74) is 2.97. The number of carbonyl (C=O) groups is 2. The Balaban J connectivity index is 1.43. The number of rotatable bonds is 7. The molecule has 1 saturated heterocycles. The molecule has 0 radical (unpaired) electrons. The number of halogens is 2. The van der Waals surface area contributed by atoms with Crippen LogP contribution in [0.15, 0.2) is 70.6 Å². The van der Waals surface area contributed by atoms with Gasteiger partial charge in [-0.05, 0) is 66.7 Å². The third-order valence-electron chi connectivity index (χ3n) is 4.98. The average molecular weight is 542 g/mol. The Bertz CT molecular complexity index is 1370. The van der Waals surface area contributed by atoms with E-state index in [1.807, 2.05) is 31.2 Å². The molecule has 0 aliphatic carbocycles. The third-order valence-corrected chi connectivity index (χ3v) is 6.70. The summed E-state index contributed by atoms with van der Waals surface area (Å²) >= 11 is 13.4. The van der Waals surface area contributed by atoms with Crippen molar-refractivity contribution in [1.82, 2.24) is 5.32 Å². The van der Waals surface area contributed by atoms with Gasteiger partial charge in [-0.3, -0.25) is 9.59 Å². The van der Waals surface area contributed by atoms with Crippen molar-refractivity contribution < 1.29 is 19.1 Å². The van der Waals surface area contributed by atoms with Crippen LogP contribution in [0, 0.1) is 6.92 Å². The molecule has 1 aliphatic rings. The molecule has 0 saturated carbocycles. The van der Waals surface area contributed by atoms with Gasteiger partial charge in [-0.2, -0.15) is 0 Å². The standard InChI is InChI=1S/C26H21Cl2N3O4S/c1-15-6-9-17(10-7-15)29-23(32)14-35-20-11-8-16(12-21(20)34-2)13-22-25(33)31-26(36-22)30-19-5-3-4-18(27)24(19)28/h3-13H,14H2,1-2H3,(H,29,32)(H,30,31,33)/b22-13+. The number of nitrogens with zero attached hydrogens (tertiary/aromatic N) is 1. The number of aliphatic imine (C=N–C) groups is 1. The molecule has 2 amide bonds. The van der Waals surface area contributed by atoms with Crippen molar-refractivity contribution in [2.75, 3.05) is 19.0 Å². The van der Waals surface area contributed by atoms with Crippen LogP contribution in [0.4, 0.5) is 11.4 Å². The van der Waals surface area contributed by atoms with E-state index in [0.717, 1.165) is 5.56 Å². The van der Waals surface area contributed by atoms with Crippen molar-refractivity contribution in [1.29, 1.82) is 0 Å². The number of aryl methyl sites for hydroxylation is 1. The van der Waals surface area contributed by atoms with Crippen molar-refractivity contribution >= 4 is 69.4 Å². The quantitative estimate of drug-likeness (QED) is 0.346. The molecule has 0 aromatic heterocycles. The van der Waals surface area contributed by atoms with Gasteiger partial charge in [-0.25, -0.2) is 4.99 Å². The highest BCUT2D eigenvalue weighted by Crippen LogP contribution is 2.35. The number of anilines is 1. The molecule has 1 heterocycles. The molecule has 36 heavy (non-hydrogen) atoms. The molecule has 1 fully saturated rings. The maximum absolute atomic E-state index is 12.5. The minimum absolute atomic E-state index is 0.186. The van der Waals surface area contributed by atoms with Gasteiger partial charge in [0.2, 0.25) is 0 Å². The number of carbonyl (C=O) groups excluding carboxylic acids is 2. The first-order chi connectivity index (χ1) is 17.3. The third kappa shape index (κ3) is 6.40. The monoisotopic (exact) mass is 541 g/mol. The number of thioether (sulfide) groups is 1. The summed E-state index contributed by atoms with van der Waals surface area (Å²) in [6.07, 6.45) is 1.71. The fourth-order valence-electron chi connectivity index (χ4n) is 3.19. The van der Waals surface area contributed by atoms with Gasteiger partial charge in [-0.1, -0.05) is 53.0 Å². The number of nitrogens with one attached hydrogen (secondary N) is 2. The number of ether oxygens (including phenoxy) is 2. The molecule has 184 valence electrons. The highest BCUT2D eigenvalue weighted by atomic mass is 35.5. The minimum Gasteiger partial charge on any atom is -0.493 e. The summed E-state index contributed by atoms with van der Waals surface area (Å²) in [4.78, 5) is 29.5. The lowest BCUT2D eigenvalue weighted by molar-refractivity contribution is -0.118. The second-order valence-electron chi connectivity index (χ2n) is 7.67. The number of methoxy groups -OCH3 is 1. The van der Waals surface area contributed by atoms with Gasteiger partial charge in [-0.15, -0.1) is 0 Å². The predicted octanol–water partition coefficient (Wildman–Crippen LogP) is 6.22. The summed E-state index contributed by atoms with van der Waals surface area (Å²) in [6.45, 7) is 1.79. The first-order valence-corrected chi connectivity index (χ1v) is 12.3. The fraction of sp³-hybridized carbons (Fsp3) is 0.115. The molecule has 0 unspecified atom stereocenters. The second-order valence-corrected chi connectivity index (χ2v) is 9.48. The fourth-order valence-corrected chi connectivity index (χ4v) is 4.36. The summed E-state index contributed by atoms with van der Waals surface area (Å²) in [5, 5.41) is 6.58. The lowest BCUT2D eigenvalue weighted by atomic mass is 10.2. The van der Waals surface area contributed by atoms with Gasteiger partial charge in [0.1, 0.15) is 0 Å². The van der Waals surface area contributed by atoms with Crippen LogP contribution in [-0.2, 0) is 9.59 Å². The number of benzene rings is 3. The normalized spacial score (nSPS) is 15.2. The van der Waals surface area contributed by atoms with E-state index >= 15 is 0 Å². The Labute approximate surface area is 222 Å². The highest BCUT2D eigenvalue weighted by Gasteiger charge is 2.24. The van der Waals surface area contributed by atoms with Crippen LogP contribution < -0.4 is 20.1 Å². The molecule has 0 spiro atoms. The number of hydrogen-bond acceptors (Lipinski definition) is 6. The topological polar surface area (TPSA) is 89.0 Å². The van der Waals surface area contributed by atoms with Crippen LogP contribution in [0.25, 0.3) is 6.08 Å². The van der Waals surface area contributed by atoms with Gasteiger partial charge in [0.05, 0.1) is 27.7 Å². The van der Waals surface area contributed by atoms with Gasteiger partial charge in [0, 0.05) is 5.69 Å². The number of hydrogen-bond donors (Lipinski definition) is 2. The zero-order chi connectivity index (χ0) is 25.7. The van der Waals surface area contributed by atoms with E-state index in [4.69, 9.17) is 32.7 Å². The van der Waals surface area contributed by atoms with Crippen molar-refractivity contribution in [3.8, 4) is 11.5 Å². The molecule has 4 rings (SSSR count). The van der Waals surface area contributed by atoms with Crippen LogP contribution in [0.2, 0.25) is 10.0 Å². The van der Waals surface area contributed by atoms with Crippen LogP contribution in [0.1, 0.15) is 11.1 Å². The molecule has 0 bridgehead atoms. The van der Waals surface area contributed by atoms with Crippen molar-refractivity contribution in [2.45, 2.75) is 6.92 Å². The molecule has 3 aromatic rings. The molecular weight excluding hydrogens is 521 g/mol. The Morgan fingerprint density at radius 2 is 1.89 bits per heavy atom. The van der Waals surface area contributed by atoms with E-state index in [2.05, 4.69) is 15.6 Å². The summed E-state index contributed by atoms with van der Waals surface area (Å²) < 4.78 is 11.1. The highest BCUT2D eigenvalue weighted by molar-refractivity contribution is 8.18. The zero-order valence-corrected chi connectivity index (χ0v) is 21.6. The van der Waals surface area contributed by atoms with E-state index in [-0.39, 0.29) is 18.4 Å². The maximum Gasteiger partial charge on any atom is 0.264 e. The zero-order valence-electron chi connectivity index (χ0n) is 19.3. The van der Waals surface area contributed by atoms with E-state index < -0.39 is 0 Å². The summed E-state index contributed by atoms with van der Waals surface area (Å²) in [5.74, 6) is 0.247. The van der Waals surface area contributed by atoms with Gasteiger partial charge >= 0.3 is 0 Å². The van der Waals surface area contributed by atoms with Crippen LogP contribution >= 0.6 is 35.0 Å². The molecule has 1 aliphatic heterocycles. The van der Waals surface area contributed by atoms with Gasteiger partial charge in [0.25, 0.3) is 11.8 Å². The van der Waals surface area contributed by atoms with Crippen LogP contribution in [0.3, 0.4) is 0 Å². The Morgan fingerprint density at radius 1 is 1.11 bits per heavy atom. The van der Waals surface area contributed by atoms with Crippen molar-refractivity contribution in [3.63, 3.8) is 0 Å². The number of amidine groups is 1. The summed E-state index contributed by atoms with van der Waals surface area (Å²) in [7, 11) is 1.50. The lowest BCUT2D eigenvalue weighted by Gasteiger charge is -2.12. The first-order valence-electron chi connectivity index (χ1n) is 10.7. The Morgan fingerprint density at radius 3 is 2.64 bits per heavy atom. The van der Waals surface area contributed by atoms with Crippen LogP contribution in [0.5, 0.6) is 11.5 Å². The second kappa shape index (κ2) is 11.5. The Hall–Kier alpha value is -3.46. The molecule has 0 atom stereocenters. The Kier molecular flexibility index (Phi) is 8.20.